The zero-order valence-corrected chi connectivity index (χ0v) is 23.8. The van der Waals surface area contributed by atoms with Gasteiger partial charge in [0.05, 0.1) is 22.4 Å². The molecule has 0 spiro atoms. The van der Waals surface area contributed by atoms with Crippen molar-refractivity contribution < 1.29 is 0 Å². The van der Waals surface area contributed by atoms with Crippen LogP contribution < -0.4 is 0 Å². The van der Waals surface area contributed by atoms with Crippen LogP contribution in [0.25, 0.3) is 61.4 Å². The molecule has 0 saturated heterocycles. The number of benzene rings is 5. The molecule has 41 heavy (non-hydrogen) atoms. The number of rotatable bonds is 4. The van der Waals surface area contributed by atoms with E-state index in [1.165, 1.54) is 44.1 Å². The predicted molar refractivity (Wildman–Crippen MR) is 172 cm³/mol. The molecule has 2 heterocycles. The highest BCUT2D eigenvalue weighted by atomic mass is 15.0. The smallest absolute Gasteiger partial charge is 0.160 e. The monoisotopic (exact) mass is 529 g/mol. The van der Waals surface area contributed by atoms with Crippen LogP contribution in [-0.4, -0.2) is 14.5 Å². The third-order valence-corrected chi connectivity index (χ3v) is 8.24. The molecule has 0 bridgehead atoms. The fourth-order valence-corrected chi connectivity index (χ4v) is 5.66. The van der Waals surface area contributed by atoms with E-state index in [-0.39, 0.29) is 0 Å². The highest BCUT2D eigenvalue weighted by Gasteiger charge is 2.16. The van der Waals surface area contributed by atoms with Gasteiger partial charge in [0, 0.05) is 33.2 Å². The first kappa shape index (κ1) is 25.0. The molecule has 198 valence electrons. The maximum atomic E-state index is 5.02. The molecular formula is C38H31N3. The molecule has 0 unspecified atom stereocenters. The standard InChI is InChI=1S/C38H31N3/c1-24-19-32-33-20-25(2)27(4)22-37(33)41(36(32)21-26(24)3)31-17-15-30(16-18-31)38-39-34(28-11-7-5-8-12-28)23-35(40-38)29-13-9-6-10-14-29/h5-23H,1-4H3. The van der Waals surface area contributed by atoms with Gasteiger partial charge in [-0.25, -0.2) is 9.97 Å². The molecule has 0 N–H and O–H groups in total. The number of hydrogen-bond donors (Lipinski definition) is 0. The quantitative estimate of drug-likeness (QED) is 0.227. The van der Waals surface area contributed by atoms with Crippen LogP contribution in [0.15, 0.2) is 115 Å². The highest BCUT2D eigenvalue weighted by molar-refractivity contribution is 6.10. The second-order valence-electron chi connectivity index (χ2n) is 11.0. The molecule has 0 aliphatic rings. The summed E-state index contributed by atoms with van der Waals surface area (Å²) in [7, 11) is 0. The van der Waals surface area contributed by atoms with Crippen molar-refractivity contribution in [3.05, 3.63) is 138 Å². The molecule has 0 amide bonds. The Morgan fingerprint density at radius 2 is 0.878 bits per heavy atom. The van der Waals surface area contributed by atoms with Crippen LogP contribution >= 0.6 is 0 Å². The van der Waals surface area contributed by atoms with Crippen molar-refractivity contribution in [2.75, 3.05) is 0 Å². The van der Waals surface area contributed by atoms with E-state index in [1.54, 1.807) is 0 Å². The number of hydrogen-bond acceptors (Lipinski definition) is 2. The van der Waals surface area contributed by atoms with Crippen molar-refractivity contribution in [3.8, 4) is 39.6 Å². The van der Waals surface area contributed by atoms with Gasteiger partial charge in [-0.3, -0.25) is 0 Å². The van der Waals surface area contributed by atoms with E-state index in [0.717, 1.165) is 39.6 Å². The lowest BCUT2D eigenvalue weighted by molar-refractivity contribution is 1.16. The van der Waals surface area contributed by atoms with E-state index in [4.69, 9.17) is 9.97 Å². The third kappa shape index (κ3) is 4.40. The zero-order valence-electron chi connectivity index (χ0n) is 23.8. The van der Waals surface area contributed by atoms with Gasteiger partial charge in [0.2, 0.25) is 0 Å². The molecule has 0 atom stereocenters. The molecule has 0 aliphatic heterocycles. The van der Waals surface area contributed by atoms with Gasteiger partial charge >= 0.3 is 0 Å². The Labute approximate surface area is 240 Å². The highest BCUT2D eigenvalue weighted by Crippen LogP contribution is 2.36. The first-order valence-electron chi connectivity index (χ1n) is 14.1. The Hall–Kier alpha value is -5.02. The SMILES string of the molecule is Cc1cc2c3cc(C)c(C)cc3n(-c3ccc(-c4nc(-c5ccccc5)cc(-c5ccccc5)n4)cc3)c2cc1C. The molecule has 0 aliphatic carbocycles. The molecule has 7 rings (SSSR count). The largest absolute Gasteiger partial charge is 0.309 e. The van der Waals surface area contributed by atoms with Gasteiger partial charge in [0.1, 0.15) is 0 Å². The van der Waals surface area contributed by atoms with Gasteiger partial charge in [-0.15, -0.1) is 0 Å². The van der Waals surface area contributed by atoms with Crippen LogP contribution in [0.4, 0.5) is 0 Å². The van der Waals surface area contributed by atoms with Gasteiger partial charge in [-0.05, 0) is 105 Å². The lowest BCUT2D eigenvalue weighted by Gasteiger charge is -2.12. The molecular weight excluding hydrogens is 498 g/mol. The first-order chi connectivity index (χ1) is 20.0. The molecule has 0 radical (unpaired) electrons. The van der Waals surface area contributed by atoms with Crippen molar-refractivity contribution in [3.63, 3.8) is 0 Å². The van der Waals surface area contributed by atoms with E-state index in [0.29, 0.717) is 0 Å². The first-order valence-corrected chi connectivity index (χ1v) is 14.1. The molecule has 3 nitrogen and oxygen atoms in total. The summed E-state index contributed by atoms with van der Waals surface area (Å²) >= 11 is 0. The summed E-state index contributed by atoms with van der Waals surface area (Å²) in [4.78, 5) is 10.0. The van der Waals surface area contributed by atoms with Crippen molar-refractivity contribution in [2.45, 2.75) is 27.7 Å². The van der Waals surface area contributed by atoms with Gasteiger partial charge < -0.3 is 4.57 Å². The zero-order chi connectivity index (χ0) is 28.1. The van der Waals surface area contributed by atoms with Crippen LogP contribution in [0.5, 0.6) is 0 Å². The van der Waals surface area contributed by atoms with Crippen LogP contribution in [0, 0.1) is 27.7 Å². The minimum Gasteiger partial charge on any atom is -0.309 e. The Kier molecular flexibility index (Phi) is 6.01. The Morgan fingerprint density at radius 1 is 0.439 bits per heavy atom. The summed E-state index contributed by atoms with van der Waals surface area (Å²) in [6.45, 7) is 8.78. The van der Waals surface area contributed by atoms with Gasteiger partial charge in [-0.2, -0.15) is 0 Å². The number of fused-ring (bicyclic) bond motifs is 3. The van der Waals surface area contributed by atoms with Gasteiger partial charge in [-0.1, -0.05) is 60.7 Å². The molecule has 0 fully saturated rings. The van der Waals surface area contributed by atoms with Gasteiger partial charge in [0.15, 0.2) is 5.82 Å². The van der Waals surface area contributed by atoms with Crippen LogP contribution in [0.1, 0.15) is 22.3 Å². The maximum absolute atomic E-state index is 5.02. The lowest BCUT2D eigenvalue weighted by Crippen LogP contribution is -1.98. The normalized spacial score (nSPS) is 11.4. The summed E-state index contributed by atoms with van der Waals surface area (Å²) in [6.07, 6.45) is 0. The summed E-state index contributed by atoms with van der Waals surface area (Å²) in [5.74, 6) is 0.719. The van der Waals surface area contributed by atoms with Crippen LogP contribution in [0.3, 0.4) is 0 Å². The Balaban J connectivity index is 1.39. The van der Waals surface area contributed by atoms with Crippen LogP contribution in [-0.2, 0) is 0 Å². The third-order valence-electron chi connectivity index (χ3n) is 8.24. The van der Waals surface area contributed by atoms with E-state index >= 15 is 0 Å². The molecule has 3 heteroatoms. The van der Waals surface area contributed by atoms with E-state index in [1.807, 2.05) is 36.4 Å². The Morgan fingerprint density at radius 3 is 1.34 bits per heavy atom. The predicted octanol–water partition coefficient (Wildman–Crippen LogP) is 9.81. The summed E-state index contributed by atoms with van der Waals surface area (Å²) in [5.41, 5.74) is 13.8. The fourth-order valence-electron chi connectivity index (χ4n) is 5.66. The number of aryl methyl sites for hydroxylation is 4. The summed E-state index contributed by atoms with van der Waals surface area (Å²) < 4.78 is 2.39. The second kappa shape index (κ2) is 9.87. The number of nitrogens with zero attached hydrogens (tertiary/aromatic N) is 3. The molecule has 0 saturated carbocycles. The van der Waals surface area contributed by atoms with E-state index in [2.05, 4.69) is 111 Å². The average Bonchev–Trinajstić information content (AvgIpc) is 3.29. The van der Waals surface area contributed by atoms with Gasteiger partial charge in [0.25, 0.3) is 0 Å². The van der Waals surface area contributed by atoms with E-state index < -0.39 is 0 Å². The molecule has 5 aromatic carbocycles. The summed E-state index contributed by atoms with van der Waals surface area (Å²) in [6, 6.07) is 40.7. The minimum atomic E-state index is 0.719. The van der Waals surface area contributed by atoms with Crippen molar-refractivity contribution in [2.24, 2.45) is 0 Å². The maximum Gasteiger partial charge on any atom is 0.160 e. The topological polar surface area (TPSA) is 30.7 Å². The second-order valence-corrected chi connectivity index (χ2v) is 11.0. The Bertz CT molecular complexity index is 1930. The molecule has 2 aromatic heterocycles. The van der Waals surface area contributed by atoms with Crippen molar-refractivity contribution >= 4 is 21.8 Å². The summed E-state index contributed by atoms with van der Waals surface area (Å²) in [5, 5.41) is 2.59. The number of aromatic nitrogens is 3. The van der Waals surface area contributed by atoms with Crippen molar-refractivity contribution in [1.82, 2.24) is 14.5 Å². The van der Waals surface area contributed by atoms with Crippen LogP contribution in [0.2, 0.25) is 0 Å². The molecule has 7 aromatic rings. The average molecular weight is 530 g/mol. The lowest BCUT2D eigenvalue weighted by atomic mass is 10.0. The minimum absolute atomic E-state index is 0.719. The van der Waals surface area contributed by atoms with Crippen molar-refractivity contribution in [1.29, 1.82) is 0 Å². The van der Waals surface area contributed by atoms with E-state index in [9.17, 15) is 0 Å². The fraction of sp³-hybridized carbons (Fsp3) is 0.105.